The van der Waals surface area contributed by atoms with Crippen LogP contribution in [0.25, 0.3) is 0 Å². The molecule has 0 bridgehead atoms. The molecule has 2 aromatic rings. The molecule has 2 rings (SSSR count). The van der Waals surface area contributed by atoms with Crippen LogP contribution < -0.4 is 20.1 Å². The highest BCUT2D eigenvalue weighted by Gasteiger charge is 2.10. The molecule has 23 heavy (non-hydrogen) atoms. The summed E-state index contributed by atoms with van der Waals surface area (Å²) >= 11 is 5.41. The summed E-state index contributed by atoms with van der Waals surface area (Å²) in [6.07, 6.45) is 0. The fourth-order valence-corrected chi connectivity index (χ4v) is 2.67. The van der Waals surface area contributed by atoms with Crippen molar-refractivity contribution in [2.45, 2.75) is 20.8 Å². The molecule has 0 radical (unpaired) electrons. The van der Waals surface area contributed by atoms with Crippen molar-refractivity contribution in [3.8, 4) is 11.5 Å². The number of methoxy groups -OCH3 is 2. The number of hydrogen-bond donors (Lipinski definition) is 2. The third kappa shape index (κ3) is 4.36. The summed E-state index contributed by atoms with van der Waals surface area (Å²) in [6, 6.07) is 10.0. The van der Waals surface area contributed by atoms with Gasteiger partial charge in [0, 0.05) is 17.4 Å². The lowest BCUT2D eigenvalue weighted by Crippen LogP contribution is -2.19. The fraction of sp³-hybridized carbons (Fsp3) is 0.278. The summed E-state index contributed by atoms with van der Waals surface area (Å²) in [5, 5.41) is 6.95. The maximum Gasteiger partial charge on any atom is 0.175 e. The van der Waals surface area contributed by atoms with Gasteiger partial charge in [0.1, 0.15) is 0 Å². The molecular weight excluding hydrogens is 308 g/mol. The Kier molecular flexibility index (Phi) is 5.45. The molecule has 4 nitrogen and oxygen atoms in total. The third-order valence-corrected chi connectivity index (χ3v) is 3.66. The van der Waals surface area contributed by atoms with Crippen LogP contribution in [0.4, 0.5) is 11.4 Å². The van der Waals surface area contributed by atoms with E-state index in [1.165, 1.54) is 11.1 Å². The van der Waals surface area contributed by atoms with Gasteiger partial charge in [-0.3, -0.25) is 0 Å². The van der Waals surface area contributed by atoms with Gasteiger partial charge in [0.05, 0.1) is 14.2 Å². The third-order valence-electron chi connectivity index (χ3n) is 3.46. The minimum Gasteiger partial charge on any atom is -0.493 e. The number of nitrogens with one attached hydrogen (secondary N) is 2. The van der Waals surface area contributed by atoms with Crippen molar-refractivity contribution in [1.29, 1.82) is 0 Å². The average Bonchev–Trinajstić information content (AvgIpc) is 2.47. The molecular formula is C18H22N2O2S. The predicted molar refractivity (Wildman–Crippen MR) is 100 cm³/mol. The lowest BCUT2D eigenvalue weighted by atomic mass is 10.1. The van der Waals surface area contributed by atoms with Crippen molar-refractivity contribution in [1.82, 2.24) is 0 Å². The first-order chi connectivity index (χ1) is 10.9. The molecule has 122 valence electrons. The first-order valence-electron chi connectivity index (χ1n) is 7.32. The zero-order valence-electron chi connectivity index (χ0n) is 14.1. The Hall–Kier alpha value is -2.27. The quantitative estimate of drug-likeness (QED) is 0.811. The van der Waals surface area contributed by atoms with E-state index in [-0.39, 0.29) is 0 Å². The minimum atomic E-state index is 0.533. The molecule has 0 atom stereocenters. The second kappa shape index (κ2) is 7.33. The van der Waals surface area contributed by atoms with E-state index in [9.17, 15) is 0 Å². The van der Waals surface area contributed by atoms with Gasteiger partial charge in [0.15, 0.2) is 16.6 Å². The smallest absolute Gasteiger partial charge is 0.175 e. The van der Waals surface area contributed by atoms with E-state index in [1.807, 2.05) is 19.1 Å². The predicted octanol–water partition coefficient (Wildman–Crippen LogP) is 4.44. The first kappa shape index (κ1) is 17.1. The number of hydrogen-bond acceptors (Lipinski definition) is 3. The van der Waals surface area contributed by atoms with Gasteiger partial charge in [-0.25, -0.2) is 0 Å². The molecule has 2 N–H and O–H groups in total. The second-order valence-corrected chi connectivity index (χ2v) is 5.89. The van der Waals surface area contributed by atoms with Gasteiger partial charge >= 0.3 is 0 Å². The van der Waals surface area contributed by atoms with Crippen LogP contribution in [-0.4, -0.2) is 19.3 Å². The molecule has 0 aromatic heterocycles. The van der Waals surface area contributed by atoms with Crippen molar-refractivity contribution in [3.05, 3.63) is 47.0 Å². The van der Waals surface area contributed by atoms with Crippen LogP contribution >= 0.6 is 12.2 Å². The molecule has 0 saturated heterocycles. The van der Waals surface area contributed by atoms with Gasteiger partial charge < -0.3 is 20.1 Å². The number of rotatable bonds is 4. The average molecular weight is 330 g/mol. The van der Waals surface area contributed by atoms with Crippen molar-refractivity contribution in [2.75, 3.05) is 24.9 Å². The van der Waals surface area contributed by atoms with Crippen molar-refractivity contribution in [2.24, 2.45) is 0 Å². The molecule has 0 aliphatic carbocycles. The Labute approximate surface area is 142 Å². The normalized spacial score (nSPS) is 10.1. The molecule has 0 aliphatic heterocycles. The number of ether oxygens (including phenoxy) is 2. The van der Waals surface area contributed by atoms with E-state index in [2.05, 4.69) is 42.7 Å². The number of anilines is 2. The van der Waals surface area contributed by atoms with Gasteiger partial charge in [-0.1, -0.05) is 6.07 Å². The van der Waals surface area contributed by atoms with Crippen LogP contribution in [0.15, 0.2) is 30.3 Å². The van der Waals surface area contributed by atoms with Crippen LogP contribution in [0.1, 0.15) is 16.7 Å². The highest BCUT2D eigenvalue weighted by atomic mass is 32.1. The van der Waals surface area contributed by atoms with Crippen molar-refractivity contribution < 1.29 is 9.47 Å². The fourth-order valence-electron chi connectivity index (χ4n) is 2.45. The molecule has 0 spiro atoms. The van der Waals surface area contributed by atoms with E-state index >= 15 is 0 Å². The van der Waals surface area contributed by atoms with Crippen molar-refractivity contribution >= 4 is 28.7 Å². The van der Waals surface area contributed by atoms with E-state index in [0.717, 1.165) is 16.9 Å². The summed E-state index contributed by atoms with van der Waals surface area (Å²) in [7, 11) is 3.24. The molecule has 0 fully saturated rings. The molecule has 0 unspecified atom stereocenters. The Balaban J connectivity index is 2.16. The number of benzene rings is 2. The molecule has 5 heteroatoms. The number of aryl methyl sites for hydroxylation is 3. The van der Waals surface area contributed by atoms with Gasteiger partial charge in [0.2, 0.25) is 0 Å². The molecule has 0 saturated carbocycles. The summed E-state index contributed by atoms with van der Waals surface area (Å²) in [5.41, 5.74) is 5.25. The van der Waals surface area contributed by atoms with Gasteiger partial charge in [0.25, 0.3) is 0 Å². The van der Waals surface area contributed by atoms with Crippen LogP contribution in [0, 0.1) is 20.8 Å². The summed E-state index contributed by atoms with van der Waals surface area (Å²) in [6.45, 7) is 6.12. The summed E-state index contributed by atoms with van der Waals surface area (Å²) in [4.78, 5) is 0. The Bertz CT molecular complexity index is 709. The lowest BCUT2D eigenvalue weighted by Gasteiger charge is -2.16. The Morgan fingerprint density at radius 3 is 1.96 bits per heavy atom. The largest absolute Gasteiger partial charge is 0.493 e. The van der Waals surface area contributed by atoms with Crippen LogP contribution in [0.3, 0.4) is 0 Å². The van der Waals surface area contributed by atoms with Crippen LogP contribution in [0.5, 0.6) is 11.5 Å². The molecule has 0 amide bonds. The first-order valence-corrected chi connectivity index (χ1v) is 7.72. The van der Waals surface area contributed by atoms with E-state index in [0.29, 0.717) is 16.6 Å². The van der Waals surface area contributed by atoms with E-state index in [4.69, 9.17) is 21.7 Å². The maximum absolute atomic E-state index is 5.41. The number of thiocarbonyl (C=S) groups is 1. The maximum atomic E-state index is 5.41. The zero-order valence-corrected chi connectivity index (χ0v) is 14.9. The van der Waals surface area contributed by atoms with Crippen LogP contribution in [0.2, 0.25) is 0 Å². The van der Waals surface area contributed by atoms with Crippen molar-refractivity contribution in [3.63, 3.8) is 0 Å². The van der Waals surface area contributed by atoms with Gasteiger partial charge in [-0.05, 0) is 67.9 Å². The highest BCUT2D eigenvalue weighted by molar-refractivity contribution is 7.80. The highest BCUT2D eigenvalue weighted by Crippen LogP contribution is 2.33. The Morgan fingerprint density at radius 2 is 1.39 bits per heavy atom. The minimum absolute atomic E-state index is 0.533. The summed E-state index contributed by atoms with van der Waals surface area (Å²) in [5.74, 6) is 1.36. The monoisotopic (exact) mass is 330 g/mol. The summed E-state index contributed by atoms with van der Waals surface area (Å²) < 4.78 is 10.6. The van der Waals surface area contributed by atoms with Gasteiger partial charge in [-0.15, -0.1) is 0 Å². The topological polar surface area (TPSA) is 42.5 Å². The van der Waals surface area contributed by atoms with Crippen LogP contribution in [-0.2, 0) is 0 Å². The zero-order chi connectivity index (χ0) is 17.0. The molecule has 0 heterocycles. The van der Waals surface area contributed by atoms with E-state index < -0.39 is 0 Å². The van der Waals surface area contributed by atoms with E-state index in [1.54, 1.807) is 14.2 Å². The second-order valence-electron chi connectivity index (χ2n) is 5.48. The van der Waals surface area contributed by atoms with Gasteiger partial charge in [-0.2, -0.15) is 0 Å². The standard InChI is InChI=1S/C18H22N2O2S/c1-11-6-12(2)8-14(7-11)19-18(23)20-15-10-17(22-5)16(21-4)9-13(15)3/h6-10H,1-5H3,(H2,19,20,23). The SMILES string of the molecule is COc1cc(C)c(NC(=S)Nc2cc(C)cc(C)c2)cc1OC. The molecule has 0 aliphatic rings. The molecule has 2 aromatic carbocycles. The lowest BCUT2D eigenvalue weighted by molar-refractivity contribution is 0.355. The Morgan fingerprint density at radius 1 is 0.826 bits per heavy atom.